The molecule has 0 saturated heterocycles. The van der Waals surface area contributed by atoms with Crippen molar-refractivity contribution in [3.05, 3.63) is 23.8 Å². The molecule has 0 saturated carbocycles. The Hall–Kier alpha value is -1.26. The topological polar surface area (TPSA) is 41.9 Å². The van der Waals surface area contributed by atoms with E-state index < -0.39 is 6.10 Å². The van der Waals surface area contributed by atoms with Gasteiger partial charge in [0.1, 0.15) is 0 Å². The fraction of sp³-hybridized carbons (Fsp3) is 0.647. The zero-order chi connectivity index (χ0) is 15.7. The summed E-state index contributed by atoms with van der Waals surface area (Å²) in [5, 5.41) is 10.4. The highest BCUT2D eigenvalue weighted by Crippen LogP contribution is 2.31. The first kappa shape index (κ1) is 17.8. The number of nitrogens with zero attached hydrogens (tertiary/aromatic N) is 1. The molecule has 0 fully saturated rings. The molecule has 0 aliphatic heterocycles. The lowest BCUT2D eigenvalue weighted by molar-refractivity contribution is 0.125. The van der Waals surface area contributed by atoms with E-state index >= 15 is 0 Å². The normalized spacial score (nSPS) is 12.5. The number of benzene rings is 1. The van der Waals surface area contributed by atoms with Crippen LogP contribution in [0, 0.1) is 0 Å². The Bertz CT molecular complexity index is 409. The van der Waals surface area contributed by atoms with Crippen molar-refractivity contribution in [3.63, 3.8) is 0 Å². The maximum absolute atomic E-state index is 10.4. The first-order chi connectivity index (χ1) is 10.1. The van der Waals surface area contributed by atoms with E-state index in [1.165, 1.54) is 0 Å². The van der Waals surface area contributed by atoms with E-state index in [9.17, 15) is 5.11 Å². The first-order valence-corrected chi connectivity index (χ1v) is 7.88. The molecule has 0 bridgehead atoms. The largest absolute Gasteiger partial charge is 0.490 e. The highest BCUT2D eigenvalue weighted by Gasteiger charge is 2.14. The molecule has 0 aromatic heterocycles. The van der Waals surface area contributed by atoms with E-state index in [4.69, 9.17) is 9.47 Å². The second kappa shape index (κ2) is 9.64. The molecule has 1 aromatic rings. The van der Waals surface area contributed by atoms with Crippen molar-refractivity contribution in [2.75, 3.05) is 33.4 Å². The lowest BCUT2D eigenvalue weighted by Gasteiger charge is -2.21. The van der Waals surface area contributed by atoms with Crippen LogP contribution in [0.3, 0.4) is 0 Å². The highest BCUT2D eigenvalue weighted by molar-refractivity contribution is 5.43. The molecule has 0 heterocycles. The number of hydrogen-bond acceptors (Lipinski definition) is 4. The molecule has 0 spiro atoms. The van der Waals surface area contributed by atoms with Gasteiger partial charge in [0.05, 0.1) is 19.3 Å². The van der Waals surface area contributed by atoms with Crippen LogP contribution in [0.15, 0.2) is 18.2 Å². The molecule has 0 aliphatic rings. The van der Waals surface area contributed by atoms with Crippen LogP contribution >= 0.6 is 0 Å². The number of aliphatic hydroxyl groups is 1. The maximum atomic E-state index is 10.4. The van der Waals surface area contributed by atoms with Crippen LogP contribution < -0.4 is 9.47 Å². The van der Waals surface area contributed by atoms with Crippen molar-refractivity contribution in [2.45, 2.75) is 39.7 Å². The van der Waals surface area contributed by atoms with Gasteiger partial charge in [-0.25, -0.2) is 0 Å². The van der Waals surface area contributed by atoms with Gasteiger partial charge in [0.15, 0.2) is 11.5 Å². The van der Waals surface area contributed by atoms with Gasteiger partial charge in [-0.15, -0.1) is 0 Å². The van der Waals surface area contributed by atoms with Crippen LogP contribution in [0.25, 0.3) is 0 Å². The smallest absolute Gasteiger partial charge is 0.161 e. The molecule has 120 valence electrons. The van der Waals surface area contributed by atoms with Gasteiger partial charge in [0, 0.05) is 6.54 Å². The van der Waals surface area contributed by atoms with Gasteiger partial charge < -0.3 is 19.5 Å². The average molecular weight is 295 g/mol. The summed E-state index contributed by atoms with van der Waals surface area (Å²) in [5.41, 5.74) is 0.866. The molecule has 0 amide bonds. The summed E-state index contributed by atoms with van der Waals surface area (Å²) in [6, 6.07) is 5.66. The number of unbranched alkanes of at least 4 members (excludes halogenated alkanes) is 1. The lowest BCUT2D eigenvalue weighted by Crippen LogP contribution is -2.25. The molecular formula is C17H29NO3. The average Bonchev–Trinajstić information content (AvgIpc) is 2.47. The molecule has 21 heavy (non-hydrogen) atoms. The molecule has 1 atom stereocenters. The first-order valence-electron chi connectivity index (χ1n) is 7.88. The third kappa shape index (κ3) is 5.94. The summed E-state index contributed by atoms with van der Waals surface area (Å²) in [6.45, 7) is 8.86. The number of likely N-dealkylation sites (N-methyl/N-ethyl adjacent to an activating group) is 1. The Kier molecular flexibility index (Phi) is 8.16. The minimum atomic E-state index is -0.512. The zero-order valence-electron chi connectivity index (χ0n) is 13.8. The Morgan fingerprint density at radius 1 is 1.10 bits per heavy atom. The lowest BCUT2D eigenvalue weighted by atomic mass is 10.1. The summed E-state index contributed by atoms with van der Waals surface area (Å²) in [7, 11) is 2.04. The van der Waals surface area contributed by atoms with E-state index in [0.717, 1.165) is 30.7 Å². The number of rotatable bonds is 10. The number of ether oxygens (including phenoxy) is 2. The van der Waals surface area contributed by atoms with Gasteiger partial charge in [-0.3, -0.25) is 0 Å². The monoisotopic (exact) mass is 295 g/mol. The molecule has 0 aliphatic carbocycles. The standard InChI is InChI=1S/C17H29NO3/c1-5-8-11-18(4)13-15(19)14-9-10-16(20-6-2)17(12-14)21-7-3/h9-10,12,15,19H,5-8,11,13H2,1-4H3. The molecule has 1 aromatic carbocycles. The summed E-state index contributed by atoms with van der Waals surface area (Å²) in [4.78, 5) is 2.16. The van der Waals surface area contributed by atoms with Crippen molar-refractivity contribution >= 4 is 0 Å². The molecular weight excluding hydrogens is 266 g/mol. The second-order valence-electron chi connectivity index (χ2n) is 5.20. The summed E-state index contributed by atoms with van der Waals surface area (Å²) in [6.07, 6.45) is 1.80. The van der Waals surface area contributed by atoms with E-state index in [2.05, 4.69) is 11.8 Å². The van der Waals surface area contributed by atoms with Crippen LogP contribution in [-0.2, 0) is 0 Å². The second-order valence-corrected chi connectivity index (χ2v) is 5.20. The molecule has 4 heteroatoms. The van der Waals surface area contributed by atoms with E-state index in [1.807, 2.05) is 39.1 Å². The molecule has 4 nitrogen and oxygen atoms in total. The van der Waals surface area contributed by atoms with Gasteiger partial charge in [-0.1, -0.05) is 19.4 Å². The van der Waals surface area contributed by atoms with Gasteiger partial charge >= 0.3 is 0 Å². The summed E-state index contributed by atoms with van der Waals surface area (Å²) < 4.78 is 11.1. The SMILES string of the molecule is CCCCN(C)CC(O)c1ccc(OCC)c(OCC)c1. The Balaban J connectivity index is 2.74. The van der Waals surface area contributed by atoms with Gasteiger partial charge in [0.2, 0.25) is 0 Å². The number of aliphatic hydroxyl groups excluding tert-OH is 1. The van der Waals surface area contributed by atoms with Crippen LogP contribution in [0.2, 0.25) is 0 Å². The Morgan fingerprint density at radius 2 is 1.76 bits per heavy atom. The van der Waals surface area contributed by atoms with Gasteiger partial charge in [-0.05, 0) is 51.6 Å². The number of hydrogen-bond donors (Lipinski definition) is 1. The maximum Gasteiger partial charge on any atom is 0.161 e. The van der Waals surface area contributed by atoms with Crippen molar-refractivity contribution in [1.82, 2.24) is 4.90 Å². The zero-order valence-corrected chi connectivity index (χ0v) is 13.8. The van der Waals surface area contributed by atoms with Gasteiger partial charge in [-0.2, -0.15) is 0 Å². The van der Waals surface area contributed by atoms with Crippen molar-refractivity contribution in [3.8, 4) is 11.5 Å². The van der Waals surface area contributed by atoms with Crippen molar-refractivity contribution in [2.24, 2.45) is 0 Å². The molecule has 1 rings (SSSR count). The van der Waals surface area contributed by atoms with Crippen molar-refractivity contribution < 1.29 is 14.6 Å². The Labute approximate surface area is 128 Å². The van der Waals surface area contributed by atoms with Gasteiger partial charge in [0.25, 0.3) is 0 Å². The predicted molar refractivity (Wildman–Crippen MR) is 86.1 cm³/mol. The minimum Gasteiger partial charge on any atom is -0.490 e. The minimum absolute atomic E-state index is 0.512. The quantitative estimate of drug-likeness (QED) is 0.719. The van der Waals surface area contributed by atoms with Crippen LogP contribution in [0.5, 0.6) is 11.5 Å². The van der Waals surface area contributed by atoms with E-state index in [1.54, 1.807) is 0 Å². The third-order valence-corrected chi connectivity index (χ3v) is 3.33. The van der Waals surface area contributed by atoms with Crippen LogP contribution in [-0.4, -0.2) is 43.4 Å². The highest BCUT2D eigenvalue weighted by atomic mass is 16.5. The molecule has 1 N–H and O–H groups in total. The van der Waals surface area contributed by atoms with E-state index in [-0.39, 0.29) is 0 Å². The fourth-order valence-electron chi connectivity index (χ4n) is 2.19. The molecule has 0 radical (unpaired) electrons. The predicted octanol–water partition coefficient (Wildman–Crippen LogP) is 3.25. The molecule has 1 unspecified atom stereocenters. The van der Waals surface area contributed by atoms with Crippen LogP contribution in [0.1, 0.15) is 45.3 Å². The van der Waals surface area contributed by atoms with E-state index in [0.29, 0.717) is 25.5 Å². The third-order valence-electron chi connectivity index (χ3n) is 3.33. The fourth-order valence-corrected chi connectivity index (χ4v) is 2.19. The Morgan fingerprint density at radius 3 is 2.38 bits per heavy atom. The van der Waals surface area contributed by atoms with Crippen molar-refractivity contribution in [1.29, 1.82) is 0 Å². The summed E-state index contributed by atoms with van der Waals surface area (Å²) >= 11 is 0. The summed E-state index contributed by atoms with van der Waals surface area (Å²) in [5.74, 6) is 1.43. The van der Waals surface area contributed by atoms with Crippen LogP contribution in [0.4, 0.5) is 0 Å².